The summed E-state index contributed by atoms with van der Waals surface area (Å²) in [5.41, 5.74) is -0.0378. The molecule has 4 atom stereocenters. The SMILES string of the molecule is O=C1[C@H](O)C[C@@]23C[C@H]2C[C@H](CO)N13. The van der Waals surface area contributed by atoms with Crippen molar-refractivity contribution in [2.75, 3.05) is 6.61 Å². The lowest BCUT2D eigenvalue weighted by atomic mass is 10.1. The van der Waals surface area contributed by atoms with E-state index in [2.05, 4.69) is 0 Å². The van der Waals surface area contributed by atoms with Crippen LogP contribution in [-0.4, -0.2) is 45.3 Å². The van der Waals surface area contributed by atoms with Crippen LogP contribution in [0.3, 0.4) is 0 Å². The molecule has 0 radical (unpaired) electrons. The molecule has 2 saturated heterocycles. The van der Waals surface area contributed by atoms with Crippen LogP contribution in [0.2, 0.25) is 0 Å². The molecule has 4 nitrogen and oxygen atoms in total. The van der Waals surface area contributed by atoms with E-state index >= 15 is 0 Å². The number of aliphatic hydroxyl groups excluding tert-OH is 2. The zero-order chi connectivity index (χ0) is 9.22. The first-order chi connectivity index (χ1) is 6.19. The van der Waals surface area contributed by atoms with Crippen molar-refractivity contribution in [3.63, 3.8) is 0 Å². The van der Waals surface area contributed by atoms with Crippen LogP contribution >= 0.6 is 0 Å². The Labute approximate surface area is 76.2 Å². The van der Waals surface area contributed by atoms with Gasteiger partial charge in [0.1, 0.15) is 6.10 Å². The van der Waals surface area contributed by atoms with Crippen molar-refractivity contribution in [2.24, 2.45) is 5.92 Å². The van der Waals surface area contributed by atoms with Gasteiger partial charge in [-0.3, -0.25) is 4.79 Å². The number of carbonyl (C=O) groups is 1. The van der Waals surface area contributed by atoms with Crippen LogP contribution in [0.5, 0.6) is 0 Å². The van der Waals surface area contributed by atoms with Gasteiger partial charge in [-0.15, -0.1) is 0 Å². The number of aliphatic hydroxyl groups is 2. The molecule has 72 valence electrons. The molecular formula is C9H13NO3. The highest BCUT2D eigenvalue weighted by Gasteiger charge is 2.71. The first-order valence-electron chi connectivity index (χ1n) is 4.81. The Morgan fingerprint density at radius 1 is 1.54 bits per heavy atom. The van der Waals surface area contributed by atoms with Crippen molar-refractivity contribution < 1.29 is 15.0 Å². The summed E-state index contributed by atoms with van der Waals surface area (Å²) in [7, 11) is 0. The molecule has 0 aromatic carbocycles. The molecule has 0 aromatic heterocycles. The maximum Gasteiger partial charge on any atom is 0.252 e. The molecular weight excluding hydrogens is 170 g/mol. The Balaban J connectivity index is 1.95. The van der Waals surface area contributed by atoms with E-state index < -0.39 is 6.10 Å². The van der Waals surface area contributed by atoms with Gasteiger partial charge in [0, 0.05) is 12.0 Å². The Hall–Kier alpha value is -0.610. The minimum atomic E-state index is -0.806. The number of amides is 1. The summed E-state index contributed by atoms with van der Waals surface area (Å²) >= 11 is 0. The molecule has 0 unspecified atom stereocenters. The molecule has 13 heavy (non-hydrogen) atoms. The second-order valence-corrected chi connectivity index (χ2v) is 4.50. The van der Waals surface area contributed by atoms with Crippen molar-refractivity contribution in [1.29, 1.82) is 0 Å². The highest BCUT2D eigenvalue weighted by molar-refractivity contribution is 5.86. The zero-order valence-corrected chi connectivity index (χ0v) is 7.31. The summed E-state index contributed by atoms with van der Waals surface area (Å²) in [6.45, 7) is 0.0384. The fraction of sp³-hybridized carbons (Fsp3) is 0.889. The standard InChI is InChI=1S/C9H13NO3/c11-4-6-1-5-2-9(5)3-7(12)8(13)10(6)9/h5-7,11-12H,1-4H2/t5-,6-,7-,9+/m1/s1. The number of hydrogen-bond acceptors (Lipinski definition) is 3. The smallest absolute Gasteiger partial charge is 0.252 e. The maximum atomic E-state index is 11.6. The Morgan fingerprint density at radius 2 is 2.31 bits per heavy atom. The van der Waals surface area contributed by atoms with Crippen LogP contribution in [0.15, 0.2) is 0 Å². The maximum absolute atomic E-state index is 11.6. The number of rotatable bonds is 1. The number of nitrogens with zero attached hydrogens (tertiary/aromatic N) is 1. The number of carbonyl (C=O) groups excluding carboxylic acids is 1. The van der Waals surface area contributed by atoms with Crippen LogP contribution < -0.4 is 0 Å². The molecule has 2 aliphatic heterocycles. The van der Waals surface area contributed by atoms with Crippen LogP contribution in [0.25, 0.3) is 0 Å². The summed E-state index contributed by atoms with van der Waals surface area (Å²) in [6.07, 6.45) is 1.74. The van der Waals surface area contributed by atoms with E-state index in [1.165, 1.54) is 0 Å². The second kappa shape index (κ2) is 2.07. The molecule has 2 heterocycles. The first-order valence-corrected chi connectivity index (χ1v) is 4.81. The largest absolute Gasteiger partial charge is 0.394 e. The van der Waals surface area contributed by atoms with Crippen LogP contribution in [0.4, 0.5) is 0 Å². The highest BCUT2D eigenvalue weighted by atomic mass is 16.3. The van der Waals surface area contributed by atoms with E-state index in [0.29, 0.717) is 12.3 Å². The number of hydrogen-bond donors (Lipinski definition) is 2. The molecule has 4 heteroatoms. The van der Waals surface area contributed by atoms with Crippen molar-refractivity contribution in [3.8, 4) is 0 Å². The molecule has 1 spiro atoms. The number of piperidine rings is 1. The van der Waals surface area contributed by atoms with E-state index in [1.54, 1.807) is 4.90 Å². The van der Waals surface area contributed by atoms with E-state index in [1.807, 2.05) is 0 Å². The molecule has 3 fully saturated rings. The predicted octanol–water partition coefficient (Wildman–Crippen LogP) is -0.897. The van der Waals surface area contributed by atoms with Gasteiger partial charge in [0.15, 0.2) is 0 Å². The third-order valence-electron chi connectivity index (χ3n) is 3.88. The van der Waals surface area contributed by atoms with Crippen molar-refractivity contribution in [3.05, 3.63) is 0 Å². The van der Waals surface area contributed by atoms with Gasteiger partial charge < -0.3 is 15.1 Å². The minimum Gasteiger partial charge on any atom is -0.394 e. The van der Waals surface area contributed by atoms with E-state index in [4.69, 9.17) is 5.11 Å². The third kappa shape index (κ3) is 0.718. The molecule has 1 aliphatic carbocycles. The summed E-state index contributed by atoms with van der Waals surface area (Å²) < 4.78 is 0. The van der Waals surface area contributed by atoms with Gasteiger partial charge in [-0.25, -0.2) is 0 Å². The lowest BCUT2D eigenvalue weighted by Gasteiger charge is -2.26. The Kier molecular flexibility index (Phi) is 1.23. The fourth-order valence-corrected chi connectivity index (χ4v) is 3.25. The molecule has 2 N–H and O–H groups in total. The zero-order valence-electron chi connectivity index (χ0n) is 7.31. The van der Waals surface area contributed by atoms with Gasteiger partial charge in [0.05, 0.1) is 12.6 Å². The summed E-state index contributed by atoms with van der Waals surface area (Å²) in [4.78, 5) is 13.3. The summed E-state index contributed by atoms with van der Waals surface area (Å²) in [5, 5.41) is 18.5. The van der Waals surface area contributed by atoms with Gasteiger partial charge >= 0.3 is 0 Å². The van der Waals surface area contributed by atoms with E-state index in [9.17, 15) is 9.90 Å². The van der Waals surface area contributed by atoms with Crippen LogP contribution in [0, 0.1) is 5.92 Å². The Morgan fingerprint density at radius 3 is 3.00 bits per heavy atom. The van der Waals surface area contributed by atoms with Gasteiger partial charge in [-0.05, 0) is 18.8 Å². The fourth-order valence-electron chi connectivity index (χ4n) is 3.25. The summed E-state index contributed by atoms with van der Waals surface area (Å²) in [6, 6.07) is -0.0246. The minimum absolute atomic E-state index is 0.0246. The van der Waals surface area contributed by atoms with Gasteiger partial charge in [0.25, 0.3) is 5.91 Å². The van der Waals surface area contributed by atoms with Crippen molar-refractivity contribution >= 4 is 5.91 Å². The van der Waals surface area contributed by atoms with E-state index in [-0.39, 0.29) is 24.1 Å². The lowest BCUT2D eigenvalue weighted by molar-refractivity contribution is -0.137. The lowest BCUT2D eigenvalue weighted by Crippen LogP contribution is -2.42. The van der Waals surface area contributed by atoms with Gasteiger partial charge in [-0.1, -0.05) is 0 Å². The average molecular weight is 183 g/mol. The monoisotopic (exact) mass is 183 g/mol. The quantitative estimate of drug-likeness (QED) is 0.554. The molecule has 0 aromatic rings. The molecule has 1 saturated carbocycles. The Bertz CT molecular complexity index is 280. The van der Waals surface area contributed by atoms with E-state index in [0.717, 1.165) is 12.8 Å². The normalized spacial score (nSPS) is 52.3. The van der Waals surface area contributed by atoms with Gasteiger partial charge in [-0.2, -0.15) is 0 Å². The highest BCUT2D eigenvalue weighted by Crippen LogP contribution is 2.63. The topological polar surface area (TPSA) is 60.8 Å². The molecule has 1 amide bonds. The predicted molar refractivity (Wildman–Crippen MR) is 43.8 cm³/mol. The van der Waals surface area contributed by atoms with Crippen LogP contribution in [0.1, 0.15) is 19.3 Å². The van der Waals surface area contributed by atoms with Crippen molar-refractivity contribution in [1.82, 2.24) is 4.90 Å². The first kappa shape index (κ1) is 7.76. The molecule has 3 rings (SSSR count). The third-order valence-corrected chi connectivity index (χ3v) is 3.88. The van der Waals surface area contributed by atoms with Gasteiger partial charge in [0.2, 0.25) is 0 Å². The van der Waals surface area contributed by atoms with Crippen LogP contribution in [-0.2, 0) is 4.79 Å². The van der Waals surface area contributed by atoms with Crippen molar-refractivity contribution in [2.45, 2.75) is 36.9 Å². The summed E-state index contributed by atoms with van der Waals surface area (Å²) in [5.74, 6) is 0.379. The second-order valence-electron chi connectivity index (χ2n) is 4.50. The molecule has 0 bridgehead atoms. The average Bonchev–Trinajstić information content (AvgIpc) is 2.59. The molecule has 3 aliphatic rings.